The zero-order chi connectivity index (χ0) is 14.7. The molecule has 0 aliphatic rings. The number of hydrogen-bond donors (Lipinski definition) is 0. The predicted octanol–water partition coefficient (Wildman–Crippen LogP) is 3.64. The monoisotopic (exact) mass is 280 g/mol. The van der Waals surface area contributed by atoms with Crippen LogP contribution in [0.2, 0.25) is 0 Å². The van der Waals surface area contributed by atoms with Gasteiger partial charge in [-0.2, -0.15) is 4.98 Å². The number of nitrogens with zero attached hydrogens (tertiary/aromatic N) is 2. The van der Waals surface area contributed by atoms with Crippen molar-refractivity contribution >= 4 is 0 Å². The van der Waals surface area contributed by atoms with E-state index < -0.39 is 0 Å². The first-order valence-electron chi connectivity index (χ1n) is 6.78. The average Bonchev–Trinajstić information content (AvgIpc) is 2.96. The first kappa shape index (κ1) is 13.4. The summed E-state index contributed by atoms with van der Waals surface area (Å²) in [6.07, 6.45) is 0.583. The molecule has 0 aliphatic heterocycles. The molecule has 0 saturated heterocycles. The SMILES string of the molecule is COc1ccccc1Cc1noc(-c2ccccc2C)n1. The highest BCUT2D eigenvalue weighted by Crippen LogP contribution is 2.23. The lowest BCUT2D eigenvalue weighted by Gasteiger charge is -2.05. The summed E-state index contributed by atoms with van der Waals surface area (Å²) in [7, 11) is 1.66. The summed E-state index contributed by atoms with van der Waals surface area (Å²) in [5, 5.41) is 4.06. The van der Waals surface area contributed by atoms with Gasteiger partial charge in [-0.3, -0.25) is 0 Å². The normalized spacial score (nSPS) is 10.6. The van der Waals surface area contributed by atoms with E-state index >= 15 is 0 Å². The number of rotatable bonds is 4. The number of methoxy groups -OCH3 is 1. The predicted molar refractivity (Wildman–Crippen MR) is 80.3 cm³/mol. The number of benzene rings is 2. The molecule has 3 rings (SSSR count). The van der Waals surface area contributed by atoms with Crippen molar-refractivity contribution in [2.75, 3.05) is 7.11 Å². The second-order valence-electron chi connectivity index (χ2n) is 4.82. The topological polar surface area (TPSA) is 48.2 Å². The summed E-state index contributed by atoms with van der Waals surface area (Å²) in [5.41, 5.74) is 3.12. The standard InChI is InChI=1S/C17H16N2O2/c1-12-7-3-5-9-14(12)17-18-16(19-21-17)11-13-8-4-6-10-15(13)20-2/h3-10H,11H2,1-2H3. The van der Waals surface area contributed by atoms with E-state index in [-0.39, 0.29) is 0 Å². The van der Waals surface area contributed by atoms with Crippen LogP contribution in [0.1, 0.15) is 17.0 Å². The van der Waals surface area contributed by atoms with Crippen LogP contribution >= 0.6 is 0 Å². The van der Waals surface area contributed by atoms with Crippen LogP contribution in [0.15, 0.2) is 53.1 Å². The van der Waals surface area contributed by atoms with Gasteiger partial charge in [0, 0.05) is 17.5 Å². The smallest absolute Gasteiger partial charge is 0.258 e. The number of hydrogen-bond acceptors (Lipinski definition) is 4. The highest BCUT2D eigenvalue weighted by atomic mass is 16.5. The molecule has 0 fully saturated rings. The van der Waals surface area contributed by atoms with Crippen molar-refractivity contribution < 1.29 is 9.26 Å². The largest absolute Gasteiger partial charge is 0.496 e. The molecule has 0 radical (unpaired) electrons. The second kappa shape index (κ2) is 5.79. The fourth-order valence-corrected chi connectivity index (χ4v) is 2.27. The molecule has 0 saturated carbocycles. The Balaban J connectivity index is 1.87. The van der Waals surface area contributed by atoms with Gasteiger partial charge in [-0.25, -0.2) is 0 Å². The molecule has 21 heavy (non-hydrogen) atoms. The quantitative estimate of drug-likeness (QED) is 0.732. The molecule has 0 unspecified atom stereocenters. The zero-order valence-electron chi connectivity index (χ0n) is 12.0. The van der Waals surface area contributed by atoms with Crippen molar-refractivity contribution in [3.8, 4) is 17.2 Å². The number of aryl methyl sites for hydroxylation is 1. The zero-order valence-corrected chi connectivity index (χ0v) is 12.0. The Morgan fingerprint density at radius 3 is 2.62 bits per heavy atom. The third-order valence-corrected chi connectivity index (χ3v) is 3.38. The Bertz CT molecular complexity index is 750. The molecule has 4 nitrogen and oxygen atoms in total. The van der Waals surface area contributed by atoms with Crippen molar-refractivity contribution in [2.24, 2.45) is 0 Å². The maximum Gasteiger partial charge on any atom is 0.258 e. The van der Waals surface area contributed by atoms with E-state index in [0.29, 0.717) is 18.1 Å². The van der Waals surface area contributed by atoms with Gasteiger partial charge in [0.1, 0.15) is 5.75 Å². The van der Waals surface area contributed by atoms with Gasteiger partial charge < -0.3 is 9.26 Å². The molecule has 4 heteroatoms. The molecule has 0 atom stereocenters. The van der Waals surface area contributed by atoms with E-state index in [4.69, 9.17) is 9.26 Å². The van der Waals surface area contributed by atoms with Crippen LogP contribution in [0.25, 0.3) is 11.5 Å². The van der Waals surface area contributed by atoms with E-state index in [2.05, 4.69) is 10.1 Å². The van der Waals surface area contributed by atoms with Crippen molar-refractivity contribution in [3.63, 3.8) is 0 Å². The Hall–Kier alpha value is -2.62. The van der Waals surface area contributed by atoms with E-state index in [1.54, 1.807) is 7.11 Å². The Morgan fingerprint density at radius 2 is 1.81 bits per heavy atom. The molecule has 3 aromatic rings. The molecule has 2 aromatic carbocycles. The molecule has 1 aromatic heterocycles. The van der Waals surface area contributed by atoms with Crippen LogP contribution in [0, 0.1) is 6.92 Å². The van der Waals surface area contributed by atoms with Crippen molar-refractivity contribution in [1.82, 2.24) is 10.1 Å². The first-order valence-corrected chi connectivity index (χ1v) is 6.78. The van der Waals surface area contributed by atoms with Gasteiger partial charge in [0.25, 0.3) is 5.89 Å². The molecule has 0 spiro atoms. The van der Waals surface area contributed by atoms with Gasteiger partial charge in [0.05, 0.1) is 7.11 Å². The molecule has 0 bridgehead atoms. The molecule has 106 valence electrons. The minimum absolute atomic E-state index is 0.554. The first-order chi connectivity index (χ1) is 10.3. The number of aromatic nitrogens is 2. The fraction of sp³-hybridized carbons (Fsp3) is 0.176. The lowest BCUT2D eigenvalue weighted by molar-refractivity contribution is 0.408. The molecule has 0 N–H and O–H groups in total. The van der Waals surface area contributed by atoms with Gasteiger partial charge in [-0.15, -0.1) is 0 Å². The highest BCUT2D eigenvalue weighted by molar-refractivity contribution is 5.57. The highest BCUT2D eigenvalue weighted by Gasteiger charge is 2.12. The van der Waals surface area contributed by atoms with E-state index in [0.717, 1.165) is 22.4 Å². The van der Waals surface area contributed by atoms with E-state index in [9.17, 15) is 0 Å². The summed E-state index contributed by atoms with van der Waals surface area (Å²) < 4.78 is 10.7. The van der Waals surface area contributed by atoms with Gasteiger partial charge in [-0.1, -0.05) is 41.6 Å². The minimum atomic E-state index is 0.554. The van der Waals surface area contributed by atoms with Gasteiger partial charge in [0.2, 0.25) is 0 Å². The van der Waals surface area contributed by atoms with Crippen molar-refractivity contribution in [3.05, 3.63) is 65.5 Å². The van der Waals surface area contributed by atoms with Gasteiger partial charge in [-0.05, 0) is 24.6 Å². The summed E-state index contributed by atoms with van der Waals surface area (Å²) in [5.74, 6) is 2.04. The van der Waals surface area contributed by atoms with Crippen LogP contribution in [0.4, 0.5) is 0 Å². The van der Waals surface area contributed by atoms with Crippen molar-refractivity contribution in [2.45, 2.75) is 13.3 Å². The maximum atomic E-state index is 5.38. The van der Waals surface area contributed by atoms with Gasteiger partial charge >= 0.3 is 0 Å². The lowest BCUT2D eigenvalue weighted by Crippen LogP contribution is -1.95. The molecule has 0 amide bonds. The maximum absolute atomic E-state index is 5.38. The third kappa shape index (κ3) is 2.79. The van der Waals surface area contributed by atoms with Crippen LogP contribution in [-0.4, -0.2) is 17.3 Å². The summed E-state index contributed by atoms with van der Waals surface area (Å²) in [6, 6.07) is 15.8. The minimum Gasteiger partial charge on any atom is -0.496 e. The molecular formula is C17H16N2O2. The lowest BCUT2D eigenvalue weighted by atomic mass is 10.1. The van der Waals surface area contributed by atoms with Crippen LogP contribution < -0.4 is 4.74 Å². The number of ether oxygens (including phenoxy) is 1. The molecule has 0 aliphatic carbocycles. The van der Waals surface area contributed by atoms with Gasteiger partial charge in [0.15, 0.2) is 5.82 Å². The Kier molecular flexibility index (Phi) is 3.69. The average molecular weight is 280 g/mol. The third-order valence-electron chi connectivity index (χ3n) is 3.38. The Morgan fingerprint density at radius 1 is 1.05 bits per heavy atom. The van der Waals surface area contributed by atoms with Crippen LogP contribution in [-0.2, 0) is 6.42 Å². The Labute approximate surface area is 123 Å². The fourth-order valence-electron chi connectivity index (χ4n) is 2.27. The van der Waals surface area contributed by atoms with Crippen LogP contribution in [0.5, 0.6) is 5.75 Å². The molecular weight excluding hydrogens is 264 g/mol. The van der Waals surface area contributed by atoms with Crippen LogP contribution in [0.3, 0.4) is 0 Å². The van der Waals surface area contributed by atoms with E-state index in [1.807, 2.05) is 55.5 Å². The van der Waals surface area contributed by atoms with Crippen molar-refractivity contribution in [1.29, 1.82) is 0 Å². The summed E-state index contributed by atoms with van der Waals surface area (Å²) >= 11 is 0. The summed E-state index contributed by atoms with van der Waals surface area (Å²) in [4.78, 5) is 4.48. The van der Waals surface area contributed by atoms with E-state index in [1.165, 1.54) is 0 Å². The summed E-state index contributed by atoms with van der Waals surface area (Å²) in [6.45, 7) is 2.03. The second-order valence-corrected chi connectivity index (χ2v) is 4.82. The number of para-hydroxylation sites is 1. The molecule has 1 heterocycles.